The number of amides is 3. The fourth-order valence-corrected chi connectivity index (χ4v) is 6.72. The molecule has 3 amide bonds. The Balaban J connectivity index is 2.01. The fraction of sp³-hybridized carbons (Fsp3) is 0.677. The first kappa shape index (κ1) is 37.8. The van der Waals surface area contributed by atoms with E-state index >= 15 is 0 Å². The summed E-state index contributed by atoms with van der Waals surface area (Å²) in [4.78, 5) is 43.4. The molecule has 1 saturated heterocycles. The minimum atomic E-state index is -4.03. The van der Waals surface area contributed by atoms with Gasteiger partial charge in [0.15, 0.2) is 0 Å². The van der Waals surface area contributed by atoms with Crippen LogP contribution in [0.2, 0.25) is 0 Å². The highest BCUT2D eigenvalue weighted by molar-refractivity contribution is 7.90. The van der Waals surface area contributed by atoms with Gasteiger partial charge in [0.2, 0.25) is 11.9 Å². The van der Waals surface area contributed by atoms with E-state index < -0.39 is 45.6 Å². The maximum absolute atomic E-state index is 13.6. The zero-order chi connectivity index (χ0) is 34.3. The van der Waals surface area contributed by atoms with Crippen LogP contribution in [0.15, 0.2) is 22.0 Å². The molecule has 7 N–H and O–H groups in total. The lowest BCUT2D eigenvalue weighted by atomic mass is 9.89. The number of ether oxygens (including phenoxy) is 1. The summed E-state index contributed by atoms with van der Waals surface area (Å²) in [6.07, 6.45) is 0.835. The zero-order valence-electron chi connectivity index (χ0n) is 28.2. The van der Waals surface area contributed by atoms with E-state index in [1.165, 1.54) is 4.90 Å². The Morgan fingerprint density at radius 1 is 1.02 bits per heavy atom. The van der Waals surface area contributed by atoms with Gasteiger partial charge in [0.25, 0.3) is 15.9 Å². The Bertz CT molecular complexity index is 1320. The van der Waals surface area contributed by atoms with E-state index in [-0.39, 0.29) is 41.6 Å². The van der Waals surface area contributed by atoms with Crippen molar-refractivity contribution in [2.45, 2.75) is 128 Å². The van der Waals surface area contributed by atoms with Gasteiger partial charge in [0, 0.05) is 13.1 Å². The van der Waals surface area contributed by atoms with Crippen molar-refractivity contribution in [2.75, 3.05) is 13.1 Å². The molecule has 1 heterocycles. The molecule has 1 aliphatic rings. The molecule has 14 heteroatoms. The van der Waals surface area contributed by atoms with Gasteiger partial charge in [-0.25, -0.2) is 23.4 Å². The first-order valence-electron chi connectivity index (χ1n) is 15.6. The molecule has 1 aliphatic heterocycles. The van der Waals surface area contributed by atoms with E-state index in [0.717, 1.165) is 16.7 Å². The van der Waals surface area contributed by atoms with Crippen LogP contribution in [0.1, 0.15) is 122 Å². The Morgan fingerprint density at radius 3 is 2.11 bits per heavy atom. The smallest absolute Gasteiger partial charge is 0.426 e. The lowest BCUT2D eigenvalue weighted by molar-refractivity contribution is -0.139. The molecule has 0 radical (unpaired) electrons. The second-order valence-corrected chi connectivity index (χ2v) is 15.0. The van der Waals surface area contributed by atoms with Crippen LogP contribution in [-0.4, -0.2) is 68.0 Å². The molecule has 0 unspecified atom stereocenters. The Labute approximate surface area is 268 Å². The van der Waals surface area contributed by atoms with Crippen LogP contribution >= 0.6 is 0 Å². The number of hydrazine groups is 1. The van der Waals surface area contributed by atoms with Gasteiger partial charge in [-0.05, 0) is 80.9 Å². The highest BCUT2D eigenvalue weighted by Crippen LogP contribution is 2.35. The Morgan fingerprint density at radius 2 is 1.60 bits per heavy atom. The van der Waals surface area contributed by atoms with Crippen LogP contribution in [-0.2, 0) is 24.3 Å². The van der Waals surface area contributed by atoms with Gasteiger partial charge in [0.05, 0.1) is 10.9 Å². The molecular weight excluding hydrogens is 598 g/mol. The minimum Gasteiger partial charge on any atom is -0.443 e. The number of sulfonamides is 1. The summed E-state index contributed by atoms with van der Waals surface area (Å²) in [5.41, 5.74) is 18.5. The number of benzene rings is 1. The summed E-state index contributed by atoms with van der Waals surface area (Å²) in [6.45, 7) is 17.6. The third-order valence-electron chi connectivity index (χ3n) is 7.38. The van der Waals surface area contributed by atoms with Gasteiger partial charge in [-0.1, -0.05) is 53.7 Å². The number of rotatable bonds is 11. The predicted molar refractivity (Wildman–Crippen MR) is 175 cm³/mol. The van der Waals surface area contributed by atoms with Crippen molar-refractivity contribution >= 4 is 33.9 Å². The van der Waals surface area contributed by atoms with E-state index in [4.69, 9.17) is 16.2 Å². The van der Waals surface area contributed by atoms with Gasteiger partial charge < -0.3 is 21.1 Å². The summed E-state index contributed by atoms with van der Waals surface area (Å²) in [7, 11) is -4.03. The van der Waals surface area contributed by atoms with E-state index in [1.807, 2.05) is 39.8 Å². The van der Waals surface area contributed by atoms with E-state index in [9.17, 15) is 22.8 Å². The van der Waals surface area contributed by atoms with Crippen LogP contribution in [0, 0.1) is 0 Å². The van der Waals surface area contributed by atoms with Crippen LogP contribution in [0.3, 0.4) is 0 Å². The average Bonchev–Trinajstić information content (AvgIpc) is 3.41. The number of nitrogens with one attached hydrogen (secondary N) is 3. The van der Waals surface area contributed by atoms with Gasteiger partial charge in [-0.15, -0.1) is 0 Å². The third kappa shape index (κ3) is 10.9. The Kier molecular flexibility index (Phi) is 13.2. The SMILES string of the molecule is CC(C)c1cc(C(C)C)c(S(=O)(=O)NC(N)=NCCC[C@H](N)C(=O)N2CCC[C@H]2C(=O)NNC(=O)OC(C)(C)C)c(C(C)C)c1. The topological polar surface area (TPSA) is 198 Å². The van der Waals surface area contributed by atoms with E-state index in [0.29, 0.717) is 25.8 Å². The second kappa shape index (κ2) is 15.7. The quantitative estimate of drug-likeness (QED) is 0.104. The summed E-state index contributed by atoms with van der Waals surface area (Å²) >= 11 is 0. The van der Waals surface area contributed by atoms with Crippen molar-refractivity contribution in [3.63, 3.8) is 0 Å². The highest BCUT2D eigenvalue weighted by Gasteiger charge is 2.36. The van der Waals surface area contributed by atoms with Gasteiger partial charge >= 0.3 is 6.09 Å². The molecule has 1 aromatic carbocycles. The fourth-order valence-electron chi connectivity index (χ4n) is 5.07. The van der Waals surface area contributed by atoms with Gasteiger partial charge in [0.1, 0.15) is 11.6 Å². The highest BCUT2D eigenvalue weighted by atomic mass is 32.2. The molecule has 254 valence electrons. The van der Waals surface area contributed by atoms with Crippen LogP contribution in [0.25, 0.3) is 0 Å². The number of hydrogen-bond acceptors (Lipinski definition) is 8. The second-order valence-electron chi connectivity index (χ2n) is 13.4. The van der Waals surface area contributed by atoms with E-state index in [1.54, 1.807) is 20.8 Å². The zero-order valence-corrected chi connectivity index (χ0v) is 29.0. The van der Waals surface area contributed by atoms with Crippen molar-refractivity contribution in [1.82, 2.24) is 20.5 Å². The molecule has 2 atom stereocenters. The molecule has 1 aromatic rings. The largest absolute Gasteiger partial charge is 0.443 e. The molecule has 2 rings (SSSR count). The number of hydrogen-bond donors (Lipinski definition) is 5. The molecule has 13 nitrogen and oxygen atoms in total. The maximum atomic E-state index is 13.6. The van der Waals surface area contributed by atoms with Crippen LogP contribution in [0.5, 0.6) is 0 Å². The van der Waals surface area contributed by atoms with E-state index in [2.05, 4.69) is 34.4 Å². The number of likely N-dealkylation sites (tertiary alicyclic amines) is 1. The molecule has 0 aromatic heterocycles. The average molecular weight is 652 g/mol. The third-order valence-corrected chi connectivity index (χ3v) is 8.87. The Hall–Kier alpha value is -3.39. The van der Waals surface area contributed by atoms with Crippen molar-refractivity contribution in [3.05, 3.63) is 28.8 Å². The normalized spacial score (nSPS) is 16.7. The number of nitrogens with zero attached hydrogens (tertiary/aromatic N) is 2. The number of carbonyl (C=O) groups excluding carboxylic acids is 3. The lowest BCUT2D eigenvalue weighted by Crippen LogP contribution is -2.54. The number of aliphatic imine (C=N–C) groups is 1. The lowest BCUT2D eigenvalue weighted by Gasteiger charge is -2.27. The number of guanidine groups is 1. The molecule has 1 fully saturated rings. The van der Waals surface area contributed by atoms with Gasteiger partial charge in [-0.2, -0.15) is 0 Å². The van der Waals surface area contributed by atoms with Crippen LogP contribution in [0.4, 0.5) is 4.79 Å². The number of nitrogens with two attached hydrogens (primary N) is 2. The molecule has 45 heavy (non-hydrogen) atoms. The summed E-state index contributed by atoms with van der Waals surface area (Å²) in [6, 6.07) is 2.23. The van der Waals surface area contributed by atoms with Crippen molar-refractivity contribution < 1.29 is 27.5 Å². The summed E-state index contributed by atoms with van der Waals surface area (Å²) < 4.78 is 34.7. The van der Waals surface area contributed by atoms with Crippen molar-refractivity contribution in [1.29, 1.82) is 0 Å². The van der Waals surface area contributed by atoms with Crippen LogP contribution < -0.4 is 27.0 Å². The minimum absolute atomic E-state index is 0.0347. The molecular formula is C31H53N7O6S. The first-order valence-corrected chi connectivity index (χ1v) is 17.1. The summed E-state index contributed by atoms with van der Waals surface area (Å²) in [5.74, 6) is -1.01. The van der Waals surface area contributed by atoms with Crippen molar-refractivity contribution in [2.24, 2.45) is 16.5 Å². The number of carbonyl (C=O) groups is 3. The molecule has 0 saturated carbocycles. The molecule has 0 bridgehead atoms. The molecule has 0 spiro atoms. The monoisotopic (exact) mass is 651 g/mol. The standard InChI is InChI=1S/C31H53N7O6S/c1-18(2)21-16-22(19(3)4)26(23(17-21)20(5)6)45(42,43)37-29(33)34-14-10-12-24(32)28(40)38-15-11-13-25(38)27(39)35-36-30(41)44-31(7,8)9/h16-20,24-25H,10-15,32H2,1-9H3,(H,35,39)(H,36,41)(H3,33,34,37)/t24-,25-/m0/s1. The summed E-state index contributed by atoms with van der Waals surface area (Å²) in [5, 5.41) is 0. The maximum Gasteiger partial charge on any atom is 0.426 e. The van der Waals surface area contributed by atoms with Gasteiger partial charge in [-0.3, -0.25) is 20.0 Å². The first-order chi connectivity index (χ1) is 20.7. The van der Waals surface area contributed by atoms with Crippen molar-refractivity contribution in [3.8, 4) is 0 Å². The predicted octanol–water partition coefficient (Wildman–Crippen LogP) is 3.30. The molecule has 0 aliphatic carbocycles.